The molecule has 2 aliphatic heterocycles. The van der Waals surface area contributed by atoms with E-state index in [1.165, 1.54) is 72.2 Å². The minimum atomic E-state index is -0.157. The second-order valence-electron chi connectivity index (χ2n) is 17.7. The van der Waals surface area contributed by atoms with Gasteiger partial charge in [-0.1, -0.05) is 95.3 Å². The van der Waals surface area contributed by atoms with E-state index in [4.69, 9.17) is 4.74 Å². The summed E-state index contributed by atoms with van der Waals surface area (Å²) in [6, 6.07) is 31.1. The molecule has 4 aromatic carbocycles. The van der Waals surface area contributed by atoms with Gasteiger partial charge in [-0.15, -0.1) is 0 Å². The number of ether oxygens (including phenoxy) is 1. The van der Waals surface area contributed by atoms with Crippen LogP contribution in [0.5, 0.6) is 0 Å². The summed E-state index contributed by atoms with van der Waals surface area (Å²) in [5.41, 5.74) is 11.2. The normalized spacial score (nSPS) is 19.9. The number of aryl methyl sites for hydroxylation is 1. The van der Waals surface area contributed by atoms with Gasteiger partial charge in [0.1, 0.15) is 26.0 Å². The van der Waals surface area contributed by atoms with Crippen LogP contribution in [0.4, 0.5) is 11.4 Å². The summed E-state index contributed by atoms with van der Waals surface area (Å²) >= 11 is 0. The van der Waals surface area contributed by atoms with Gasteiger partial charge in [0.05, 0.1) is 5.41 Å². The molecule has 3 aliphatic rings. The van der Waals surface area contributed by atoms with Gasteiger partial charge in [0.2, 0.25) is 5.69 Å². The molecule has 0 amide bonds. The van der Waals surface area contributed by atoms with Gasteiger partial charge >= 0.3 is 0 Å². The Kier molecular flexibility index (Phi) is 8.60. The first-order chi connectivity index (χ1) is 25.7. The number of nitrogens with zero attached hydrogens (tertiary/aromatic N) is 3. The van der Waals surface area contributed by atoms with E-state index < -0.39 is 0 Å². The SMILES string of the molecule is CN1/C(=C/C=C2\CCC(/C=C/C3=[N+](C)c4ccc5ccccc5c4C3(C)C)=C2OC(c2cc[n+](C)cc2)C(C)(C)C)C(C)(C)c2c1ccc1ccccc21. The average Bonchev–Trinajstić information content (AvgIpc) is 3.68. The molecule has 1 unspecified atom stereocenters. The van der Waals surface area contributed by atoms with E-state index in [1.54, 1.807) is 0 Å². The third kappa shape index (κ3) is 5.82. The zero-order chi connectivity index (χ0) is 38.2. The van der Waals surface area contributed by atoms with E-state index in [9.17, 15) is 0 Å². The minimum absolute atomic E-state index is 0.124. The van der Waals surface area contributed by atoms with E-state index in [2.05, 4.69) is 205 Å². The van der Waals surface area contributed by atoms with Crippen molar-refractivity contribution in [3.05, 3.63) is 161 Å². The van der Waals surface area contributed by atoms with Gasteiger partial charge in [-0.3, -0.25) is 0 Å². The molecule has 0 spiro atoms. The summed E-state index contributed by atoms with van der Waals surface area (Å²) in [6.07, 6.45) is 15.4. The van der Waals surface area contributed by atoms with Crippen LogP contribution in [0.25, 0.3) is 21.5 Å². The van der Waals surface area contributed by atoms with E-state index in [-0.39, 0.29) is 22.3 Å². The molecule has 1 atom stereocenters. The largest absolute Gasteiger partial charge is 0.485 e. The van der Waals surface area contributed by atoms with Crippen molar-refractivity contribution in [2.45, 2.75) is 78.2 Å². The smallest absolute Gasteiger partial charge is 0.210 e. The van der Waals surface area contributed by atoms with Crippen LogP contribution in [0.15, 0.2) is 144 Å². The zero-order valence-electron chi connectivity index (χ0n) is 33.8. The molecule has 1 aromatic heterocycles. The van der Waals surface area contributed by atoms with Gasteiger partial charge in [0, 0.05) is 64.7 Å². The highest BCUT2D eigenvalue weighted by molar-refractivity contribution is 6.07. The quantitative estimate of drug-likeness (QED) is 0.163. The molecule has 8 rings (SSSR count). The number of anilines is 1. The molecule has 0 bridgehead atoms. The molecule has 274 valence electrons. The van der Waals surface area contributed by atoms with Crippen molar-refractivity contribution in [3.8, 4) is 0 Å². The highest BCUT2D eigenvalue weighted by Gasteiger charge is 2.44. The highest BCUT2D eigenvalue weighted by atomic mass is 16.5. The predicted molar refractivity (Wildman–Crippen MR) is 226 cm³/mol. The number of allylic oxidation sites excluding steroid dienone is 7. The van der Waals surface area contributed by atoms with Crippen LogP contribution in [0.3, 0.4) is 0 Å². The number of likely N-dealkylation sites (N-methyl/N-ethyl adjacent to an activating group) is 1. The lowest BCUT2D eigenvalue weighted by atomic mass is 9.79. The van der Waals surface area contributed by atoms with Crippen LogP contribution < -0.4 is 9.47 Å². The van der Waals surface area contributed by atoms with Crippen LogP contribution in [0.1, 0.15) is 84.1 Å². The number of pyridine rings is 1. The van der Waals surface area contributed by atoms with Crippen LogP contribution in [-0.2, 0) is 22.6 Å². The summed E-state index contributed by atoms with van der Waals surface area (Å²) in [5, 5.41) is 5.24. The van der Waals surface area contributed by atoms with Gasteiger partial charge in [0.15, 0.2) is 18.1 Å². The van der Waals surface area contributed by atoms with Crippen molar-refractivity contribution >= 4 is 38.6 Å². The summed E-state index contributed by atoms with van der Waals surface area (Å²) < 4.78 is 11.8. The number of rotatable bonds is 6. The highest BCUT2D eigenvalue weighted by Crippen LogP contribution is 2.51. The first kappa shape index (κ1) is 35.8. The number of hydrogen-bond donors (Lipinski definition) is 0. The molecule has 3 heterocycles. The van der Waals surface area contributed by atoms with Crippen molar-refractivity contribution in [1.82, 2.24) is 0 Å². The maximum atomic E-state index is 7.34. The number of aromatic nitrogens is 1. The van der Waals surface area contributed by atoms with Crippen molar-refractivity contribution in [2.24, 2.45) is 12.5 Å². The molecule has 1 aliphatic carbocycles. The Labute approximate surface area is 322 Å². The summed E-state index contributed by atoms with van der Waals surface area (Å²) in [4.78, 5) is 2.39. The third-order valence-electron chi connectivity index (χ3n) is 12.3. The predicted octanol–water partition coefficient (Wildman–Crippen LogP) is 11.5. The van der Waals surface area contributed by atoms with Crippen molar-refractivity contribution in [3.63, 3.8) is 0 Å². The van der Waals surface area contributed by atoms with E-state index in [0.29, 0.717) is 0 Å². The number of fused-ring (bicyclic) bond motifs is 6. The topological polar surface area (TPSA) is 19.4 Å². The maximum Gasteiger partial charge on any atom is 0.210 e. The fourth-order valence-corrected chi connectivity index (χ4v) is 9.47. The van der Waals surface area contributed by atoms with Crippen molar-refractivity contribution in [2.75, 3.05) is 19.0 Å². The molecular weight excluding hydrogens is 659 g/mol. The molecule has 0 saturated carbocycles. The molecule has 0 N–H and O–H groups in total. The average molecular weight is 714 g/mol. The third-order valence-corrected chi connectivity index (χ3v) is 12.3. The lowest BCUT2D eigenvalue weighted by Gasteiger charge is -2.32. The van der Waals surface area contributed by atoms with Gasteiger partial charge in [-0.2, -0.15) is 4.58 Å². The number of hydrogen-bond acceptors (Lipinski definition) is 2. The van der Waals surface area contributed by atoms with Gasteiger partial charge < -0.3 is 9.64 Å². The van der Waals surface area contributed by atoms with Crippen LogP contribution in [0, 0.1) is 5.41 Å². The lowest BCUT2D eigenvalue weighted by Crippen LogP contribution is -2.28. The van der Waals surface area contributed by atoms with E-state index in [0.717, 1.165) is 18.6 Å². The monoisotopic (exact) mass is 713 g/mol. The summed E-state index contributed by atoms with van der Waals surface area (Å²) in [5.74, 6) is 1.01. The van der Waals surface area contributed by atoms with Gasteiger partial charge in [0.25, 0.3) is 0 Å². The molecule has 0 fully saturated rings. The molecule has 4 nitrogen and oxygen atoms in total. The van der Waals surface area contributed by atoms with Crippen molar-refractivity contribution < 1.29 is 13.9 Å². The second-order valence-corrected chi connectivity index (χ2v) is 17.7. The first-order valence-corrected chi connectivity index (χ1v) is 19.5. The fourth-order valence-electron chi connectivity index (χ4n) is 9.47. The fraction of sp³-hybridized carbons (Fsp3) is 0.320. The second kappa shape index (κ2) is 13.0. The Morgan fingerprint density at radius 1 is 0.722 bits per heavy atom. The zero-order valence-corrected chi connectivity index (χ0v) is 33.8. The Morgan fingerprint density at radius 2 is 1.35 bits per heavy atom. The van der Waals surface area contributed by atoms with Crippen LogP contribution in [0.2, 0.25) is 0 Å². The molecule has 4 heteroatoms. The Balaban J connectivity index is 1.22. The van der Waals surface area contributed by atoms with Gasteiger partial charge in [-0.05, 0) is 89.2 Å². The number of benzene rings is 4. The van der Waals surface area contributed by atoms with E-state index in [1.807, 2.05) is 0 Å². The van der Waals surface area contributed by atoms with Crippen molar-refractivity contribution in [1.29, 1.82) is 0 Å². The summed E-state index contributed by atoms with van der Waals surface area (Å²) in [6.45, 7) is 16.3. The van der Waals surface area contributed by atoms with Gasteiger partial charge in [-0.25, -0.2) is 4.57 Å². The van der Waals surface area contributed by atoms with E-state index >= 15 is 0 Å². The standard InChI is InChI=1S/C50H55N3O/c1-48(2,3)47(37-29-31-51(8)32-30-37)54-46-35(23-27-42-49(4,5)44-38-17-13-11-15-33(38)21-25-40(44)52(42)9)19-20-36(46)24-28-43-50(6,7)45-39-18-14-12-16-34(39)22-26-41(45)53(43)10/h11-18,21-32,47H,19-20H2,1-10H3/q+2. The molecule has 5 aromatic rings. The Bertz CT molecular complexity index is 2480. The van der Waals surface area contributed by atoms with Crippen LogP contribution in [-0.4, -0.2) is 24.4 Å². The maximum absolute atomic E-state index is 7.34. The molecular formula is C50H55N3O+2. The molecule has 0 radical (unpaired) electrons. The molecule has 54 heavy (non-hydrogen) atoms. The summed E-state index contributed by atoms with van der Waals surface area (Å²) in [7, 11) is 6.49. The molecule has 0 saturated heterocycles. The van der Waals surface area contributed by atoms with Crippen LogP contribution >= 0.6 is 0 Å². The minimum Gasteiger partial charge on any atom is -0.485 e. The Morgan fingerprint density at radius 3 is 2.02 bits per heavy atom. The first-order valence-electron chi connectivity index (χ1n) is 19.5. The Hall–Kier alpha value is -5.22. The lowest BCUT2D eigenvalue weighted by molar-refractivity contribution is -0.671.